The number of ether oxygens (including phenoxy) is 5. The van der Waals surface area contributed by atoms with Crippen LogP contribution in [-0.2, 0) is 12.8 Å². The maximum absolute atomic E-state index is 14.3. The number of hydrogen-bond acceptors (Lipinski definition) is 7. The molecule has 8 nitrogen and oxygen atoms in total. The highest BCUT2D eigenvalue weighted by molar-refractivity contribution is 5.95. The first-order chi connectivity index (χ1) is 22.4. The van der Waals surface area contributed by atoms with E-state index in [1.165, 1.54) is 16.7 Å². The maximum Gasteiger partial charge on any atom is 0.254 e. The number of rotatable bonds is 10. The van der Waals surface area contributed by atoms with Crippen molar-refractivity contribution in [2.75, 3.05) is 54.7 Å². The third kappa shape index (κ3) is 5.99. The van der Waals surface area contributed by atoms with Gasteiger partial charge in [0, 0.05) is 31.2 Å². The van der Waals surface area contributed by atoms with Gasteiger partial charge in [-0.15, -0.1) is 0 Å². The highest BCUT2D eigenvalue weighted by Crippen LogP contribution is 2.49. The Labute approximate surface area is 273 Å². The number of benzene rings is 3. The summed E-state index contributed by atoms with van der Waals surface area (Å²) in [5, 5.41) is 0. The monoisotopic (exact) mass is 628 g/mol. The third-order valence-electron chi connectivity index (χ3n) is 10.5. The molecular formula is C38H48N2O6. The fourth-order valence-electron chi connectivity index (χ4n) is 8.09. The van der Waals surface area contributed by atoms with Crippen molar-refractivity contribution in [2.45, 2.75) is 58.0 Å². The van der Waals surface area contributed by atoms with E-state index in [1.807, 2.05) is 31.2 Å². The number of nitrogens with zero attached hydrogens (tertiary/aromatic N) is 2. The molecule has 46 heavy (non-hydrogen) atoms. The van der Waals surface area contributed by atoms with Crippen LogP contribution >= 0.6 is 0 Å². The molecule has 0 N–H and O–H groups in total. The smallest absolute Gasteiger partial charge is 0.254 e. The van der Waals surface area contributed by atoms with E-state index in [4.69, 9.17) is 23.7 Å². The zero-order valence-electron chi connectivity index (χ0n) is 28.1. The molecule has 3 aliphatic rings. The molecule has 0 aliphatic carbocycles. The molecule has 3 aliphatic heterocycles. The van der Waals surface area contributed by atoms with Crippen LogP contribution in [0.5, 0.6) is 28.7 Å². The number of fused-ring (bicyclic) bond motifs is 4. The minimum atomic E-state index is -0.0818. The van der Waals surface area contributed by atoms with E-state index >= 15 is 0 Å². The summed E-state index contributed by atoms with van der Waals surface area (Å²) in [4.78, 5) is 19.1. The molecule has 246 valence electrons. The van der Waals surface area contributed by atoms with Crippen molar-refractivity contribution in [3.63, 3.8) is 0 Å². The van der Waals surface area contributed by atoms with E-state index in [2.05, 4.69) is 41.0 Å². The largest absolute Gasteiger partial charge is 0.494 e. The molecular weight excluding hydrogens is 580 g/mol. The lowest BCUT2D eigenvalue weighted by atomic mass is 9.72. The quantitative estimate of drug-likeness (QED) is 0.242. The molecule has 3 heterocycles. The number of hydrogen-bond donors (Lipinski definition) is 0. The normalized spacial score (nSPS) is 22.3. The number of carbonyl (C=O) groups is 1. The minimum Gasteiger partial charge on any atom is -0.494 e. The second kappa shape index (κ2) is 13.8. The Kier molecular flexibility index (Phi) is 9.64. The number of amides is 1. The predicted octanol–water partition coefficient (Wildman–Crippen LogP) is 6.89. The standard InChI is InChI=1S/C38H48N2O6/c1-7-24-23-39-15-13-26-19-34(42-3)36(44-5)21-30(26)32(39)17-28(24)18-33-31-22-37(45-6)35(43-4)20-27(31)14-16-40(33)38(41)25-9-11-29(12-10-25)46-8-2/h9-12,19-22,24,28,32-33H,7-8,13-18,23H2,1-6H3/t24-,28-,32+,33-/m1/s1. The summed E-state index contributed by atoms with van der Waals surface area (Å²) in [6.07, 6.45) is 4.80. The molecule has 0 spiro atoms. The molecule has 0 saturated carbocycles. The minimum absolute atomic E-state index is 0.0545. The average Bonchev–Trinajstić information content (AvgIpc) is 3.10. The molecule has 1 amide bonds. The van der Waals surface area contributed by atoms with E-state index in [0.29, 0.717) is 42.3 Å². The molecule has 4 atom stereocenters. The van der Waals surface area contributed by atoms with Gasteiger partial charge in [-0.25, -0.2) is 0 Å². The fraction of sp³-hybridized carbons (Fsp3) is 0.500. The van der Waals surface area contributed by atoms with E-state index in [-0.39, 0.29) is 11.9 Å². The van der Waals surface area contributed by atoms with Gasteiger partial charge in [0.1, 0.15) is 5.75 Å². The molecule has 0 bridgehead atoms. The van der Waals surface area contributed by atoms with E-state index in [1.54, 1.807) is 28.4 Å². The molecule has 1 saturated heterocycles. The lowest BCUT2D eigenvalue weighted by molar-refractivity contribution is 0.0287. The van der Waals surface area contributed by atoms with Gasteiger partial charge in [0.2, 0.25) is 0 Å². The lowest BCUT2D eigenvalue weighted by Crippen LogP contribution is -2.47. The summed E-state index contributed by atoms with van der Waals surface area (Å²) in [5.41, 5.74) is 5.77. The van der Waals surface area contributed by atoms with Gasteiger partial charge in [-0.1, -0.05) is 13.3 Å². The Bertz CT molecular complexity index is 1540. The van der Waals surface area contributed by atoms with Crippen molar-refractivity contribution >= 4 is 5.91 Å². The Hall–Kier alpha value is -3.91. The van der Waals surface area contributed by atoms with Crippen LogP contribution in [0.4, 0.5) is 0 Å². The second-order valence-corrected chi connectivity index (χ2v) is 12.7. The summed E-state index contributed by atoms with van der Waals surface area (Å²) >= 11 is 0. The van der Waals surface area contributed by atoms with Crippen molar-refractivity contribution < 1.29 is 28.5 Å². The highest BCUT2D eigenvalue weighted by Gasteiger charge is 2.42. The fourth-order valence-corrected chi connectivity index (χ4v) is 8.09. The van der Waals surface area contributed by atoms with Crippen LogP contribution in [0.2, 0.25) is 0 Å². The van der Waals surface area contributed by atoms with Crippen molar-refractivity contribution in [1.82, 2.24) is 9.80 Å². The highest BCUT2D eigenvalue weighted by atomic mass is 16.5. The van der Waals surface area contributed by atoms with Crippen LogP contribution in [-0.4, -0.2) is 70.4 Å². The zero-order chi connectivity index (χ0) is 32.4. The first kappa shape index (κ1) is 32.0. The summed E-state index contributed by atoms with van der Waals surface area (Å²) in [5.74, 6) is 4.79. The molecule has 3 aromatic carbocycles. The predicted molar refractivity (Wildman–Crippen MR) is 179 cm³/mol. The molecule has 0 radical (unpaired) electrons. The summed E-state index contributed by atoms with van der Waals surface area (Å²) < 4.78 is 28.5. The van der Waals surface area contributed by atoms with Crippen LogP contribution in [0.15, 0.2) is 48.5 Å². The van der Waals surface area contributed by atoms with Crippen LogP contribution < -0.4 is 23.7 Å². The second-order valence-electron chi connectivity index (χ2n) is 12.7. The van der Waals surface area contributed by atoms with Gasteiger partial charge in [0.05, 0.1) is 41.1 Å². The lowest BCUT2D eigenvalue weighted by Gasteiger charge is -2.49. The molecule has 0 aromatic heterocycles. The molecule has 0 unspecified atom stereocenters. The molecule has 3 aromatic rings. The first-order valence-corrected chi connectivity index (χ1v) is 16.7. The van der Waals surface area contributed by atoms with Crippen molar-refractivity contribution in [3.05, 3.63) is 76.3 Å². The van der Waals surface area contributed by atoms with Gasteiger partial charge in [-0.05, 0) is 115 Å². The van der Waals surface area contributed by atoms with E-state index in [0.717, 1.165) is 73.8 Å². The van der Waals surface area contributed by atoms with Crippen LogP contribution in [0.3, 0.4) is 0 Å². The number of carbonyl (C=O) groups excluding carboxylic acids is 1. The van der Waals surface area contributed by atoms with Crippen LogP contribution in [0.1, 0.15) is 77.8 Å². The van der Waals surface area contributed by atoms with Crippen molar-refractivity contribution in [3.8, 4) is 28.7 Å². The van der Waals surface area contributed by atoms with Gasteiger partial charge in [0.15, 0.2) is 23.0 Å². The zero-order valence-corrected chi connectivity index (χ0v) is 28.1. The number of piperidine rings is 1. The Morgan fingerprint density at radius 1 is 0.761 bits per heavy atom. The van der Waals surface area contributed by atoms with Crippen molar-refractivity contribution in [2.24, 2.45) is 11.8 Å². The number of methoxy groups -OCH3 is 4. The van der Waals surface area contributed by atoms with Gasteiger partial charge >= 0.3 is 0 Å². The summed E-state index contributed by atoms with van der Waals surface area (Å²) in [6.45, 7) is 7.62. The van der Waals surface area contributed by atoms with Crippen LogP contribution in [0.25, 0.3) is 0 Å². The Balaban J connectivity index is 1.36. The van der Waals surface area contributed by atoms with Gasteiger partial charge in [-0.3, -0.25) is 9.69 Å². The third-order valence-corrected chi connectivity index (χ3v) is 10.5. The molecule has 8 heteroatoms. The topological polar surface area (TPSA) is 69.7 Å². The summed E-state index contributed by atoms with van der Waals surface area (Å²) in [7, 11) is 6.77. The van der Waals surface area contributed by atoms with Gasteiger partial charge < -0.3 is 28.6 Å². The molecule has 1 fully saturated rings. The van der Waals surface area contributed by atoms with E-state index < -0.39 is 0 Å². The van der Waals surface area contributed by atoms with Crippen molar-refractivity contribution in [1.29, 1.82) is 0 Å². The average molecular weight is 629 g/mol. The Morgan fingerprint density at radius 3 is 1.96 bits per heavy atom. The van der Waals surface area contributed by atoms with Crippen LogP contribution in [0, 0.1) is 11.8 Å². The Morgan fingerprint density at radius 2 is 1.35 bits per heavy atom. The maximum atomic E-state index is 14.3. The van der Waals surface area contributed by atoms with Gasteiger partial charge in [-0.2, -0.15) is 0 Å². The SMILES string of the molecule is CCOc1ccc(C(=O)N2CCc3cc(OC)c(OC)cc3[C@H]2C[C@H]2C[C@H]3c4cc(OC)c(OC)cc4CCN3C[C@H]2CC)cc1. The first-order valence-electron chi connectivity index (χ1n) is 16.7. The summed E-state index contributed by atoms with van der Waals surface area (Å²) in [6, 6.07) is 16.4. The van der Waals surface area contributed by atoms with Gasteiger partial charge in [0.25, 0.3) is 5.91 Å². The van der Waals surface area contributed by atoms with E-state index in [9.17, 15) is 4.79 Å². The molecule has 6 rings (SSSR count).